The van der Waals surface area contributed by atoms with Crippen molar-refractivity contribution >= 4 is 17.3 Å². The van der Waals surface area contributed by atoms with Gasteiger partial charge < -0.3 is 10.0 Å². The van der Waals surface area contributed by atoms with Crippen LogP contribution in [0.3, 0.4) is 0 Å². The maximum Gasteiger partial charge on any atom is 0.327 e. The number of hydrogen-bond acceptors (Lipinski definition) is 4. The number of carbonyl (C=O) groups is 1. The van der Waals surface area contributed by atoms with Gasteiger partial charge in [0.1, 0.15) is 12.2 Å². The van der Waals surface area contributed by atoms with Gasteiger partial charge in [-0.05, 0) is 19.1 Å². The van der Waals surface area contributed by atoms with Gasteiger partial charge in [-0.1, -0.05) is 6.07 Å². The fourth-order valence-electron chi connectivity index (χ4n) is 1.47. The Morgan fingerprint density at radius 3 is 2.71 bits per heavy atom. The van der Waals surface area contributed by atoms with Gasteiger partial charge >= 0.3 is 11.7 Å². The van der Waals surface area contributed by atoms with Crippen LogP contribution in [0.25, 0.3) is 0 Å². The second-order valence-corrected chi connectivity index (χ2v) is 3.27. The van der Waals surface area contributed by atoms with Crippen molar-refractivity contribution in [3.63, 3.8) is 0 Å². The Hall–Kier alpha value is -2.18. The second kappa shape index (κ2) is 5.24. The molecular weight excluding hydrogens is 231 g/mol. The van der Waals surface area contributed by atoms with Crippen LogP contribution in [0.15, 0.2) is 18.2 Å². The number of nitro benzene ring substituents is 1. The molecule has 0 aromatic heterocycles. The van der Waals surface area contributed by atoms with E-state index >= 15 is 0 Å². The Bertz CT molecular complexity index is 450. The Morgan fingerprint density at radius 2 is 2.24 bits per heavy atom. The maximum absolute atomic E-state index is 13.3. The zero-order valence-corrected chi connectivity index (χ0v) is 9.09. The van der Waals surface area contributed by atoms with Crippen LogP contribution in [0, 0.1) is 15.9 Å². The van der Waals surface area contributed by atoms with E-state index in [1.54, 1.807) is 6.92 Å². The summed E-state index contributed by atoms with van der Waals surface area (Å²) in [6, 6.07) is 3.60. The number of carboxylic acid groups (broad SMARTS) is 1. The minimum atomic E-state index is -1.13. The van der Waals surface area contributed by atoms with Gasteiger partial charge in [-0.25, -0.2) is 0 Å². The van der Waals surface area contributed by atoms with Gasteiger partial charge in [0, 0.05) is 6.54 Å². The summed E-state index contributed by atoms with van der Waals surface area (Å²) in [6.07, 6.45) is 0. The Labute approximate surface area is 96.4 Å². The molecule has 92 valence electrons. The van der Waals surface area contributed by atoms with E-state index in [4.69, 9.17) is 5.11 Å². The van der Waals surface area contributed by atoms with Gasteiger partial charge in [0.15, 0.2) is 0 Å². The summed E-state index contributed by atoms with van der Waals surface area (Å²) in [5, 5.41) is 19.4. The third kappa shape index (κ3) is 2.90. The van der Waals surface area contributed by atoms with Crippen LogP contribution in [0.1, 0.15) is 6.92 Å². The largest absolute Gasteiger partial charge is 0.480 e. The molecule has 0 aliphatic rings. The lowest BCUT2D eigenvalue weighted by molar-refractivity contribution is -0.386. The molecule has 1 aromatic carbocycles. The quantitative estimate of drug-likeness (QED) is 0.626. The van der Waals surface area contributed by atoms with Crippen molar-refractivity contribution < 1.29 is 19.2 Å². The Morgan fingerprint density at radius 1 is 1.59 bits per heavy atom. The second-order valence-electron chi connectivity index (χ2n) is 3.27. The summed E-state index contributed by atoms with van der Waals surface area (Å²) in [5.41, 5.74) is -0.726. The van der Waals surface area contributed by atoms with E-state index in [9.17, 15) is 19.3 Å². The number of nitro groups is 1. The average Bonchev–Trinajstić information content (AvgIpc) is 2.24. The summed E-state index contributed by atoms with van der Waals surface area (Å²) in [4.78, 5) is 21.7. The normalized spacial score (nSPS) is 10.0. The van der Waals surface area contributed by atoms with Gasteiger partial charge in [0.2, 0.25) is 5.82 Å². The molecule has 7 heteroatoms. The lowest BCUT2D eigenvalue weighted by Crippen LogP contribution is -2.30. The van der Waals surface area contributed by atoms with Crippen LogP contribution in [0.2, 0.25) is 0 Å². The number of aliphatic carboxylic acids is 1. The summed E-state index contributed by atoms with van der Waals surface area (Å²) in [7, 11) is 0. The highest BCUT2D eigenvalue weighted by molar-refractivity contribution is 5.76. The van der Waals surface area contributed by atoms with Crippen LogP contribution in [0.5, 0.6) is 0 Å². The number of likely N-dealkylation sites (N-methyl/N-ethyl adjacent to an activating group) is 1. The number of halogens is 1. The van der Waals surface area contributed by atoms with E-state index in [2.05, 4.69) is 0 Å². The molecule has 0 saturated heterocycles. The lowest BCUT2D eigenvalue weighted by atomic mass is 10.2. The monoisotopic (exact) mass is 242 g/mol. The fraction of sp³-hybridized carbons (Fsp3) is 0.300. The van der Waals surface area contributed by atoms with Gasteiger partial charge in [-0.2, -0.15) is 4.39 Å². The van der Waals surface area contributed by atoms with Gasteiger partial charge in [-0.3, -0.25) is 14.9 Å². The van der Waals surface area contributed by atoms with Crippen LogP contribution >= 0.6 is 0 Å². The van der Waals surface area contributed by atoms with Crippen molar-refractivity contribution in [2.75, 3.05) is 18.0 Å². The average molecular weight is 242 g/mol. The molecule has 0 saturated carbocycles. The van der Waals surface area contributed by atoms with E-state index in [-0.39, 0.29) is 12.2 Å². The van der Waals surface area contributed by atoms with Crippen molar-refractivity contribution in [3.8, 4) is 0 Å². The zero-order chi connectivity index (χ0) is 13.0. The first-order valence-corrected chi connectivity index (χ1v) is 4.87. The number of nitrogens with zero attached hydrogens (tertiary/aromatic N) is 2. The van der Waals surface area contributed by atoms with E-state index < -0.39 is 28.9 Å². The molecule has 1 N–H and O–H groups in total. The molecule has 17 heavy (non-hydrogen) atoms. The van der Waals surface area contributed by atoms with Crippen molar-refractivity contribution in [1.82, 2.24) is 0 Å². The number of rotatable bonds is 5. The van der Waals surface area contributed by atoms with Crippen molar-refractivity contribution in [3.05, 3.63) is 34.1 Å². The smallest absolute Gasteiger partial charge is 0.327 e. The highest BCUT2D eigenvalue weighted by atomic mass is 19.1. The predicted molar refractivity (Wildman–Crippen MR) is 58.6 cm³/mol. The predicted octanol–water partition coefficient (Wildman–Crippen LogP) is 1.64. The third-order valence-corrected chi connectivity index (χ3v) is 2.20. The number of para-hydroxylation sites is 1. The molecule has 0 aliphatic carbocycles. The number of benzene rings is 1. The molecule has 0 spiro atoms. The third-order valence-electron chi connectivity index (χ3n) is 2.20. The van der Waals surface area contributed by atoms with E-state index in [0.717, 1.165) is 6.07 Å². The van der Waals surface area contributed by atoms with Gasteiger partial charge in [-0.15, -0.1) is 0 Å². The first-order valence-electron chi connectivity index (χ1n) is 4.87. The molecule has 0 amide bonds. The molecule has 6 nitrogen and oxygen atoms in total. The molecule has 0 radical (unpaired) electrons. The molecule has 0 bridgehead atoms. The minimum absolute atomic E-state index is 0.0279. The van der Waals surface area contributed by atoms with Crippen LogP contribution in [0.4, 0.5) is 15.8 Å². The number of hydrogen-bond donors (Lipinski definition) is 1. The maximum atomic E-state index is 13.3. The van der Waals surface area contributed by atoms with E-state index in [1.165, 1.54) is 17.0 Å². The zero-order valence-electron chi connectivity index (χ0n) is 9.09. The van der Waals surface area contributed by atoms with E-state index in [1.807, 2.05) is 0 Å². The van der Waals surface area contributed by atoms with Crippen molar-refractivity contribution in [2.45, 2.75) is 6.92 Å². The molecule has 1 rings (SSSR count). The first kappa shape index (κ1) is 12.9. The van der Waals surface area contributed by atoms with Crippen LogP contribution in [-0.4, -0.2) is 29.1 Å². The number of carboxylic acids is 1. The Kier molecular flexibility index (Phi) is 3.97. The van der Waals surface area contributed by atoms with E-state index in [0.29, 0.717) is 0 Å². The highest BCUT2D eigenvalue weighted by Crippen LogP contribution is 2.30. The first-order chi connectivity index (χ1) is 7.97. The van der Waals surface area contributed by atoms with Crippen LogP contribution < -0.4 is 4.90 Å². The molecular formula is C10H11FN2O4. The molecule has 1 aromatic rings. The summed E-state index contributed by atoms with van der Waals surface area (Å²) >= 11 is 0. The minimum Gasteiger partial charge on any atom is -0.480 e. The topological polar surface area (TPSA) is 83.7 Å². The van der Waals surface area contributed by atoms with Gasteiger partial charge in [0.25, 0.3) is 0 Å². The molecule has 0 unspecified atom stereocenters. The summed E-state index contributed by atoms with van der Waals surface area (Å²) < 4.78 is 13.3. The van der Waals surface area contributed by atoms with Crippen molar-refractivity contribution in [1.29, 1.82) is 0 Å². The highest BCUT2D eigenvalue weighted by Gasteiger charge is 2.24. The standard InChI is InChI=1S/C10H11FN2O4/c1-2-12(6-9(14)15)8-5-3-4-7(11)10(8)13(16)17/h3-5H,2,6H2,1H3,(H,14,15). The lowest BCUT2D eigenvalue weighted by Gasteiger charge is -2.20. The fourth-order valence-corrected chi connectivity index (χ4v) is 1.47. The molecule has 0 atom stereocenters. The SMILES string of the molecule is CCN(CC(=O)O)c1cccc(F)c1[N+](=O)[O-]. The molecule has 0 aliphatic heterocycles. The number of anilines is 1. The van der Waals surface area contributed by atoms with Crippen molar-refractivity contribution in [2.24, 2.45) is 0 Å². The summed E-state index contributed by atoms with van der Waals surface area (Å²) in [5.74, 6) is -2.11. The van der Waals surface area contributed by atoms with Gasteiger partial charge in [0.05, 0.1) is 4.92 Å². The summed E-state index contributed by atoms with van der Waals surface area (Å²) in [6.45, 7) is 1.45. The molecule has 0 fully saturated rings. The molecule has 0 heterocycles. The van der Waals surface area contributed by atoms with Crippen LogP contribution in [-0.2, 0) is 4.79 Å². The Balaban J connectivity index is 3.23.